The Morgan fingerprint density at radius 1 is 1.21 bits per heavy atom. The lowest BCUT2D eigenvalue weighted by Crippen LogP contribution is -2.25. The number of nitrogens with zero attached hydrogens (tertiary/aromatic N) is 2. The minimum Gasteiger partial charge on any atom is -0.319 e. The third-order valence-electron chi connectivity index (χ3n) is 3.64. The minimum absolute atomic E-state index is 0.102. The van der Waals surface area contributed by atoms with Crippen molar-refractivity contribution in [1.29, 1.82) is 0 Å². The van der Waals surface area contributed by atoms with Crippen LogP contribution in [0.5, 0.6) is 0 Å². The van der Waals surface area contributed by atoms with E-state index in [1.807, 2.05) is 13.1 Å². The summed E-state index contributed by atoms with van der Waals surface area (Å²) in [5.41, 5.74) is 1.88. The van der Waals surface area contributed by atoms with E-state index in [1.54, 1.807) is 18.3 Å². The van der Waals surface area contributed by atoms with E-state index in [9.17, 15) is 4.39 Å². The molecule has 0 spiro atoms. The van der Waals surface area contributed by atoms with E-state index in [4.69, 9.17) is 0 Å². The minimum atomic E-state index is -0.230. The molecular weight excluding hydrogens is 241 g/mol. The van der Waals surface area contributed by atoms with Crippen LogP contribution in [0.2, 0.25) is 0 Å². The molecule has 0 atom stereocenters. The van der Waals surface area contributed by atoms with Gasteiger partial charge < -0.3 is 5.32 Å². The van der Waals surface area contributed by atoms with Gasteiger partial charge in [-0.15, -0.1) is 0 Å². The quantitative estimate of drug-likeness (QED) is 0.914. The molecule has 1 N–H and O–H groups in total. The molecule has 1 aliphatic rings. The Hall–Kier alpha value is -1.81. The summed E-state index contributed by atoms with van der Waals surface area (Å²) < 4.78 is 12.9. The number of aromatic nitrogens is 2. The lowest BCUT2D eigenvalue weighted by molar-refractivity contribution is 0.588. The summed E-state index contributed by atoms with van der Waals surface area (Å²) in [5.74, 6) is 0.663. The van der Waals surface area contributed by atoms with E-state index in [-0.39, 0.29) is 11.2 Å². The topological polar surface area (TPSA) is 37.8 Å². The molecule has 1 saturated carbocycles. The van der Waals surface area contributed by atoms with E-state index >= 15 is 0 Å². The van der Waals surface area contributed by atoms with Crippen molar-refractivity contribution >= 4 is 0 Å². The molecule has 0 aliphatic heterocycles. The molecule has 0 saturated heterocycles. The Bertz CT molecular complexity index is 576. The fraction of sp³-hybridized carbons (Fsp3) is 0.333. The van der Waals surface area contributed by atoms with Gasteiger partial charge in [0.2, 0.25) is 0 Å². The molecule has 1 fully saturated rings. The first-order chi connectivity index (χ1) is 9.23. The Kier molecular flexibility index (Phi) is 3.03. The van der Waals surface area contributed by atoms with E-state index < -0.39 is 0 Å². The molecule has 0 amide bonds. The molecule has 1 heterocycles. The maximum Gasteiger partial charge on any atom is 0.136 e. The van der Waals surface area contributed by atoms with Gasteiger partial charge in [-0.25, -0.2) is 14.4 Å². The Labute approximate surface area is 111 Å². The zero-order valence-electron chi connectivity index (χ0n) is 10.9. The van der Waals surface area contributed by atoms with Gasteiger partial charge in [-0.1, -0.05) is 0 Å². The van der Waals surface area contributed by atoms with Crippen molar-refractivity contribution in [3.8, 4) is 11.3 Å². The molecular formula is C15H16FN3. The molecule has 98 valence electrons. The third-order valence-corrected chi connectivity index (χ3v) is 3.64. The maximum atomic E-state index is 12.9. The van der Waals surface area contributed by atoms with Crippen LogP contribution < -0.4 is 5.32 Å². The van der Waals surface area contributed by atoms with Crippen LogP contribution in [-0.2, 0) is 5.41 Å². The standard InChI is InChI=1S/C15H16FN3/c1-17-10-15(7-8-15)14-18-9-6-13(19-14)11-2-4-12(16)5-3-11/h2-6,9,17H,7-8,10H2,1H3. The van der Waals surface area contributed by atoms with Crippen LogP contribution in [0.15, 0.2) is 36.5 Å². The van der Waals surface area contributed by atoms with Gasteiger partial charge in [0, 0.05) is 23.7 Å². The highest BCUT2D eigenvalue weighted by molar-refractivity contribution is 5.58. The van der Waals surface area contributed by atoms with Gasteiger partial charge in [0.1, 0.15) is 11.6 Å². The van der Waals surface area contributed by atoms with Crippen LogP contribution in [0.4, 0.5) is 4.39 Å². The van der Waals surface area contributed by atoms with Crippen molar-refractivity contribution in [2.75, 3.05) is 13.6 Å². The van der Waals surface area contributed by atoms with E-state index in [1.165, 1.54) is 12.1 Å². The fourth-order valence-electron chi connectivity index (χ4n) is 2.36. The first-order valence-corrected chi connectivity index (χ1v) is 6.48. The van der Waals surface area contributed by atoms with Crippen LogP contribution in [0.25, 0.3) is 11.3 Å². The highest BCUT2D eigenvalue weighted by Gasteiger charge is 2.46. The zero-order chi connectivity index (χ0) is 13.3. The van der Waals surface area contributed by atoms with Crippen LogP contribution in [0.3, 0.4) is 0 Å². The SMILES string of the molecule is CNCC1(c2nccc(-c3ccc(F)cc3)n2)CC1. The molecule has 0 bridgehead atoms. The third kappa shape index (κ3) is 2.36. The van der Waals surface area contributed by atoms with Crippen molar-refractivity contribution in [3.63, 3.8) is 0 Å². The van der Waals surface area contributed by atoms with Gasteiger partial charge in [0.25, 0.3) is 0 Å². The zero-order valence-corrected chi connectivity index (χ0v) is 10.9. The second-order valence-corrected chi connectivity index (χ2v) is 5.08. The summed E-state index contributed by atoms with van der Waals surface area (Å²) in [4.78, 5) is 9.06. The monoisotopic (exact) mass is 257 g/mol. The molecule has 19 heavy (non-hydrogen) atoms. The number of benzene rings is 1. The lowest BCUT2D eigenvalue weighted by Gasteiger charge is -2.13. The number of halogens is 1. The summed E-state index contributed by atoms with van der Waals surface area (Å²) in [7, 11) is 1.95. The van der Waals surface area contributed by atoms with Gasteiger partial charge in [-0.3, -0.25) is 0 Å². The van der Waals surface area contributed by atoms with Gasteiger partial charge >= 0.3 is 0 Å². The summed E-state index contributed by atoms with van der Waals surface area (Å²) in [6.45, 7) is 0.903. The lowest BCUT2D eigenvalue weighted by atomic mass is 10.1. The number of rotatable bonds is 4. The first-order valence-electron chi connectivity index (χ1n) is 6.48. The molecule has 0 radical (unpaired) electrons. The van der Waals surface area contributed by atoms with Crippen molar-refractivity contribution in [1.82, 2.24) is 15.3 Å². The Morgan fingerprint density at radius 3 is 2.58 bits per heavy atom. The predicted octanol–water partition coefficient (Wildman–Crippen LogP) is 2.53. The van der Waals surface area contributed by atoms with Gasteiger partial charge in [-0.05, 0) is 50.2 Å². The highest BCUT2D eigenvalue weighted by Crippen LogP contribution is 2.46. The smallest absolute Gasteiger partial charge is 0.136 e. The van der Waals surface area contributed by atoms with Crippen molar-refractivity contribution in [3.05, 3.63) is 48.2 Å². The molecule has 3 rings (SSSR count). The molecule has 3 nitrogen and oxygen atoms in total. The Morgan fingerprint density at radius 2 is 1.95 bits per heavy atom. The van der Waals surface area contributed by atoms with Crippen LogP contribution >= 0.6 is 0 Å². The molecule has 2 aromatic rings. The summed E-state index contributed by atoms with van der Waals surface area (Å²) >= 11 is 0. The average Bonchev–Trinajstić information content (AvgIpc) is 3.21. The van der Waals surface area contributed by atoms with Crippen molar-refractivity contribution in [2.24, 2.45) is 0 Å². The summed E-state index contributed by atoms with van der Waals surface area (Å²) in [6, 6.07) is 8.28. The van der Waals surface area contributed by atoms with Gasteiger partial charge in [0.05, 0.1) is 5.69 Å². The molecule has 0 unspecified atom stereocenters. The second-order valence-electron chi connectivity index (χ2n) is 5.08. The first kappa shape index (κ1) is 12.2. The molecule has 1 aromatic heterocycles. The van der Waals surface area contributed by atoms with Gasteiger partial charge in [0.15, 0.2) is 0 Å². The van der Waals surface area contributed by atoms with Crippen molar-refractivity contribution in [2.45, 2.75) is 18.3 Å². The largest absolute Gasteiger partial charge is 0.319 e. The van der Waals surface area contributed by atoms with Crippen LogP contribution in [0.1, 0.15) is 18.7 Å². The van der Waals surface area contributed by atoms with E-state index in [0.29, 0.717) is 0 Å². The average molecular weight is 257 g/mol. The van der Waals surface area contributed by atoms with Crippen LogP contribution in [-0.4, -0.2) is 23.6 Å². The summed E-state index contributed by atoms with van der Waals surface area (Å²) in [6.07, 6.45) is 4.04. The van der Waals surface area contributed by atoms with Crippen molar-refractivity contribution < 1.29 is 4.39 Å². The molecule has 1 aliphatic carbocycles. The number of hydrogen-bond acceptors (Lipinski definition) is 3. The number of hydrogen-bond donors (Lipinski definition) is 1. The van der Waals surface area contributed by atoms with Crippen LogP contribution in [0, 0.1) is 5.82 Å². The van der Waals surface area contributed by atoms with Gasteiger partial charge in [-0.2, -0.15) is 0 Å². The summed E-state index contributed by atoms with van der Waals surface area (Å²) in [5, 5.41) is 3.21. The molecule has 1 aromatic carbocycles. The fourth-order valence-corrected chi connectivity index (χ4v) is 2.36. The highest BCUT2D eigenvalue weighted by atomic mass is 19.1. The van der Waals surface area contributed by atoms with E-state index in [2.05, 4.69) is 15.3 Å². The predicted molar refractivity (Wildman–Crippen MR) is 72.3 cm³/mol. The second kappa shape index (κ2) is 4.70. The van der Waals surface area contributed by atoms with E-state index in [0.717, 1.165) is 36.5 Å². The number of likely N-dealkylation sites (N-methyl/N-ethyl adjacent to an activating group) is 1. The molecule has 4 heteroatoms. The Balaban J connectivity index is 1.94. The number of nitrogens with one attached hydrogen (secondary N) is 1. The maximum absolute atomic E-state index is 12.9. The normalized spacial score (nSPS) is 16.3.